The van der Waals surface area contributed by atoms with Crippen molar-refractivity contribution in [2.24, 2.45) is 0 Å². The van der Waals surface area contributed by atoms with Gasteiger partial charge in [-0.1, -0.05) is 13.8 Å². The Bertz CT molecular complexity index is 1070. The predicted octanol–water partition coefficient (Wildman–Crippen LogP) is 3.12. The third-order valence-electron chi connectivity index (χ3n) is 5.11. The summed E-state index contributed by atoms with van der Waals surface area (Å²) in [7, 11) is 3.14. The second-order valence-corrected chi connectivity index (χ2v) is 7.51. The van der Waals surface area contributed by atoms with Gasteiger partial charge in [-0.3, -0.25) is 9.59 Å². The van der Waals surface area contributed by atoms with Crippen molar-refractivity contribution in [1.82, 2.24) is 14.9 Å². The molecule has 9 nitrogen and oxygen atoms in total. The predicted molar refractivity (Wildman–Crippen MR) is 125 cm³/mol. The van der Waals surface area contributed by atoms with E-state index in [0.717, 1.165) is 25.9 Å². The molecule has 1 aliphatic carbocycles. The summed E-state index contributed by atoms with van der Waals surface area (Å²) >= 11 is 0. The molecule has 3 rings (SSSR count). The highest BCUT2D eigenvalue weighted by Crippen LogP contribution is 2.34. The number of hydrogen-bond donors (Lipinski definition) is 1. The Kier molecular flexibility index (Phi) is 8.37. The second-order valence-electron chi connectivity index (χ2n) is 7.51. The van der Waals surface area contributed by atoms with Gasteiger partial charge in [0.1, 0.15) is 18.8 Å². The SMILES string of the molecule is CCCN(CCC)C1=CC(=O)C(Nc2ncnc3cc(OCCOC)c(OC)cc23)=CC1=O. The minimum Gasteiger partial charge on any atom is -0.493 e. The van der Waals surface area contributed by atoms with Gasteiger partial charge in [-0.15, -0.1) is 0 Å². The van der Waals surface area contributed by atoms with E-state index >= 15 is 0 Å². The lowest BCUT2D eigenvalue weighted by atomic mass is 10.0. The first-order valence-electron chi connectivity index (χ1n) is 11.0. The maximum Gasteiger partial charge on any atom is 0.204 e. The van der Waals surface area contributed by atoms with Gasteiger partial charge >= 0.3 is 0 Å². The molecule has 1 aliphatic rings. The Morgan fingerprint density at radius 3 is 2.36 bits per heavy atom. The first-order chi connectivity index (χ1) is 16.0. The molecule has 0 atom stereocenters. The van der Waals surface area contributed by atoms with Crippen molar-refractivity contribution in [2.75, 3.05) is 45.8 Å². The largest absolute Gasteiger partial charge is 0.493 e. The molecule has 0 bridgehead atoms. The molecule has 0 saturated carbocycles. The number of fused-ring (bicyclic) bond motifs is 1. The molecule has 0 spiro atoms. The molecule has 1 aromatic carbocycles. The van der Waals surface area contributed by atoms with Crippen molar-refractivity contribution < 1.29 is 23.8 Å². The van der Waals surface area contributed by atoms with Gasteiger partial charge in [0.15, 0.2) is 11.5 Å². The van der Waals surface area contributed by atoms with Crippen molar-refractivity contribution in [3.8, 4) is 11.5 Å². The summed E-state index contributed by atoms with van der Waals surface area (Å²) in [6, 6.07) is 3.48. The first-order valence-corrected chi connectivity index (χ1v) is 11.0. The van der Waals surface area contributed by atoms with Crippen LogP contribution in [0.15, 0.2) is 42.0 Å². The van der Waals surface area contributed by atoms with E-state index in [1.165, 1.54) is 25.6 Å². The van der Waals surface area contributed by atoms with Gasteiger partial charge in [0.25, 0.3) is 0 Å². The highest BCUT2D eigenvalue weighted by atomic mass is 16.5. The van der Waals surface area contributed by atoms with E-state index < -0.39 is 0 Å². The zero-order valence-electron chi connectivity index (χ0n) is 19.5. The summed E-state index contributed by atoms with van der Waals surface area (Å²) in [5.41, 5.74) is 1.20. The normalized spacial score (nSPS) is 13.6. The fourth-order valence-corrected chi connectivity index (χ4v) is 3.59. The summed E-state index contributed by atoms with van der Waals surface area (Å²) in [5.74, 6) is 0.927. The van der Waals surface area contributed by atoms with E-state index in [2.05, 4.69) is 15.3 Å². The molecule has 9 heteroatoms. The summed E-state index contributed by atoms with van der Waals surface area (Å²) < 4.78 is 16.2. The zero-order chi connectivity index (χ0) is 23.8. The van der Waals surface area contributed by atoms with Crippen molar-refractivity contribution in [3.05, 3.63) is 42.0 Å². The van der Waals surface area contributed by atoms with E-state index in [0.29, 0.717) is 47.1 Å². The Morgan fingerprint density at radius 1 is 0.939 bits per heavy atom. The number of benzene rings is 1. The van der Waals surface area contributed by atoms with Gasteiger partial charge in [-0.25, -0.2) is 9.97 Å². The number of ketones is 2. The van der Waals surface area contributed by atoms with Gasteiger partial charge in [0.2, 0.25) is 11.6 Å². The second kappa shape index (κ2) is 11.4. The lowest BCUT2D eigenvalue weighted by molar-refractivity contribution is -0.116. The number of methoxy groups -OCH3 is 2. The number of rotatable bonds is 12. The minimum absolute atomic E-state index is 0.163. The zero-order valence-corrected chi connectivity index (χ0v) is 19.5. The molecule has 0 unspecified atom stereocenters. The van der Waals surface area contributed by atoms with E-state index in [-0.39, 0.29) is 17.3 Å². The Labute approximate surface area is 193 Å². The number of ether oxygens (including phenoxy) is 3. The summed E-state index contributed by atoms with van der Waals surface area (Å²) in [6.45, 7) is 6.33. The number of anilines is 1. The lowest BCUT2D eigenvalue weighted by Crippen LogP contribution is -2.32. The maximum absolute atomic E-state index is 12.8. The first kappa shape index (κ1) is 24.2. The van der Waals surface area contributed by atoms with Crippen LogP contribution in [0.5, 0.6) is 11.5 Å². The Hall–Kier alpha value is -3.46. The Morgan fingerprint density at radius 2 is 1.70 bits per heavy atom. The number of hydrogen-bond acceptors (Lipinski definition) is 9. The van der Waals surface area contributed by atoms with Crippen LogP contribution in [0.2, 0.25) is 0 Å². The smallest absolute Gasteiger partial charge is 0.204 e. The van der Waals surface area contributed by atoms with Crippen LogP contribution in [0.3, 0.4) is 0 Å². The highest BCUT2D eigenvalue weighted by Gasteiger charge is 2.25. The van der Waals surface area contributed by atoms with E-state index in [1.54, 1.807) is 19.2 Å². The number of aromatic nitrogens is 2. The van der Waals surface area contributed by atoms with Crippen LogP contribution in [-0.4, -0.2) is 67.0 Å². The standard InChI is InChI=1S/C24H30N4O5/c1-5-7-28(8-6-2)19-14-20(29)18(12-21(19)30)27-24-16-11-22(32-4)23(33-10-9-31-3)13-17(16)25-15-26-24/h11-15H,5-10H2,1-4H3,(H,25,26,27). The van der Waals surface area contributed by atoms with Crippen LogP contribution in [0.25, 0.3) is 10.9 Å². The molecular weight excluding hydrogens is 424 g/mol. The van der Waals surface area contributed by atoms with Crippen LogP contribution in [0.1, 0.15) is 26.7 Å². The highest BCUT2D eigenvalue weighted by molar-refractivity contribution is 6.21. The van der Waals surface area contributed by atoms with Crippen molar-refractivity contribution in [1.29, 1.82) is 0 Å². The number of carbonyl (C=O) groups is 2. The molecule has 1 aromatic heterocycles. The average molecular weight is 455 g/mol. The molecule has 2 aromatic rings. The number of carbonyl (C=O) groups excluding carboxylic acids is 2. The van der Waals surface area contributed by atoms with Crippen molar-refractivity contribution >= 4 is 28.3 Å². The minimum atomic E-state index is -0.278. The molecule has 1 N–H and O–H groups in total. The van der Waals surface area contributed by atoms with Crippen LogP contribution < -0.4 is 14.8 Å². The number of nitrogens with zero attached hydrogens (tertiary/aromatic N) is 3. The molecule has 0 saturated heterocycles. The molecule has 176 valence electrons. The fourth-order valence-electron chi connectivity index (χ4n) is 3.59. The summed E-state index contributed by atoms with van der Waals surface area (Å²) in [4.78, 5) is 36.2. The average Bonchev–Trinajstić information content (AvgIpc) is 2.81. The van der Waals surface area contributed by atoms with Crippen molar-refractivity contribution in [3.63, 3.8) is 0 Å². The Balaban J connectivity index is 1.88. The maximum atomic E-state index is 12.8. The summed E-state index contributed by atoms with van der Waals surface area (Å²) in [6.07, 6.45) is 5.90. The van der Waals surface area contributed by atoms with Crippen LogP contribution >= 0.6 is 0 Å². The van der Waals surface area contributed by atoms with Crippen LogP contribution in [0.4, 0.5) is 5.82 Å². The fraction of sp³-hybridized carbons (Fsp3) is 0.417. The molecule has 0 aliphatic heterocycles. The van der Waals surface area contributed by atoms with Crippen LogP contribution in [0, 0.1) is 0 Å². The van der Waals surface area contributed by atoms with E-state index in [9.17, 15) is 9.59 Å². The van der Waals surface area contributed by atoms with E-state index in [4.69, 9.17) is 14.2 Å². The molecule has 0 radical (unpaired) electrons. The lowest BCUT2D eigenvalue weighted by Gasteiger charge is -2.27. The van der Waals surface area contributed by atoms with Gasteiger partial charge < -0.3 is 24.4 Å². The van der Waals surface area contributed by atoms with Crippen molar-refractivity contribution in [2.45, 2.75) is 26.7 Å². The molecule has 0 fully saturated rings. The molecule has 1 heterocycles. The van der Waals surface area contributed by atoms with E-state index in [1.807, 2.05) is 18.7 Å². The molecule has 0 amide bonds. The van der Waals surface area contributed by atoms with Crippen LogP contribution in [-0.2, 0) is 14.3 Å². The summed E-state index contributed by atoms with van der Waals surface area (Å²) in [5, 5.41) is 3.64. The topological polar surface area (TPSA) is 103 Å². The molecular formula is C24H30N4O5. The van der Waals surface area contributed by atoms with Gasteiger partial charge in [-0.2, -0.15) is 0 Å². The van der Waals surface area contributed by atoms with Gasteiger partial charge in [0, 0.05) is 43.8 Å². The van der Waals surface area contributed by atoms with Gasteiger partial charge in [-0.05, 0) is 18.9 Å². The van der Waals surface area contributed by atoms with Gasteiger partial charge in [0.05, 0.1) is 30.6 Å². The monoisotopic (exact) mass is 454 g/mol. The quantitative estimate of drug-likeness (QED) is 0.383. The third-order valence-corrected chi connectivity index (χ3v) is 5.11. The number of nitrogens with one attached hydrogen (secondary N) is 1. The third kappa shape index (κ3) is 5.67. The molecule has 33 heavy (non-hydrogen) atoms. The number of allylic oxidation sites excluding steroid dienone is 2.